The fourth-order valence-corrected chi connectivity index (χ4v) is 4.47. The van der Waals surface area contributed by atoms with Crippen LogP contribution in [-0.2, 0) is 32.7 Å². The summed E-state index contributed by atoms with van der Waals surface area (Å²) in [5, 5.41) is 0. The minimum absolute atomic E-state index is 0.0119. The molecule has 10 heteroatoms. The van der Waals surface area contributed by atoms with Crippen LogP contribution in [0.25, 0.3) is 0 Å². The van der Waals surface area contributed by atoms with Crippen molar-refractivity contribution < 1.29 is 42.1 Å². The second-order valence-corrected chi connectivity index (χ2v) is 12.6. The first kappa shape index (κ1) is 37.6. The minimum atomic E-state index is -4.36. The van der Waals surface area contributed by atoms with E-state index in [4.69, 9.17) is 24.9 Å². The molecular formula is C29H55NO8P+. The van der Waals surface area contributed by atoms with Gasteiger partial charge in [-0.2, -0.15) is 0 Å². The van der Waals surface area contributed by atoms with Gasteiger partial charge in [0.15, 0.2) is 6.10 Å². The molecule has 0 radical (unpaired) electrons. The van der Waals surface area contributed by atoms with Gasteiger partial charge in [0.25, 0.3) is 0 Å². The summed E-state index contributed by atoms with van der Waals surface area (Å²) in [6.07, 6.45) is 20.4. The predicted octanol–water partition coefficient (Wildman–Crippen LogP) is 6.18. The van der Waals surface area contributed by atoms with Crippen LogP contribution in [0.1, 0.15) is 110 Å². The van der Waals surface area contributed by atoms with Crippen LogP contribution in [0.2, 0.25) is 0 Å². The van der Waals surface area contributed by atoms with Crippen molar-refractivity contribution in [2.75, 3.05) is 47.5 Å². The first-order chi connectivity index (χ1) is 18.5. The molecule has 1 unspecified atom stereocenters. The number of terminal acetylenes is 1. The summed E-state index contributed by atoms with van der Waals surface area (Å²) in [6, 6.07) is 0. The molecule has 0 aromatic carbocycles. The van der Waals surface area contributed by atoms with Gasteiger partial charge < -0.3 is 18.9 Å². The second kappa shape index (κ2) is 23.3. The lowest BCUT2D eigenvalue weighted by Gasteiger charge is -2.24. The van der Waals surface area contributed by atoms with Gasteiger partial charge in [-0.05, 0) is 6.42 Å². The SMILES string of the molecule is C#CCCC(=O)O[C@H](COC(=O)CCCCCCCCCCCCCCC)COP(=O)(O)OCC[N+](C)(C)C. The molecule has 0 saturated carbocycles. The van der Waals surface area contributed by atoms with E-state index in [1.165, 1.54) is 64.2 Å². The number of nitrogens with zero attached hydrogens (tertiary/aromatic N) is 1. The number of likely N-dealkylation sites (N-methyl/N-ethyl adjacent to an activating group) is 1. The number of quaternary nitrogens is 1. The molecule has 0 bridgehead atoms. The Morgan fingerprint density at radius 2 is 1.36 bits per heavy atom. The van der Waals surface area contributed by atoms with Gasteiger partial charge in [-0.3, -0.25) is 18.6 Å². The van der Waals surface area contributed by atoms with Crippen LogP contribution in [-0.4, -0.2) is 74.9 Å². The van der Waals surface area contributed by atoms with E-state index in [1.807, 2.05) is 21.1 Å². The highest BCUT2D eigenvalue weighted by Crippen LogP contribution is 2.43. The maximum atomic E-state index is 12.2. The van der Waals surface area contributed by atoms with Crippen LogP contribution in [0.3, 0.4) is 0 Å². The Bertz CT molecular complexity index is 732. The molecule has 0 rings (SSSR count). The van der Waals surface area contributed by atoms with Gasteiger partial charge in [0.05, 0.1) is 34.2 Å². The molecule has 0 spiro atoms. The molecule has 0 fully saturated rings. The highest BCUT2D eigenvalue weighted by atomic mass is 31.2. The Morgan fingerprint density at radius 3 is 1.87 bits per heavy atom. The van der Waals surface area contributed by atoms with E-state index in [-0.39, 0.29) is 32.5 Å². The zero-order valence-corrected chi connectivity index (χ0v) is 25.9. The smallest absolute Gasteiger partial charge is 0.462 e. The Kier molecular flexibility index (Phi) is 22.4. The second-order valence-electron chi connectivity index (χ2n) is 11.1. The van der Waals surface area contributed by atoms with Gasteiger partial charge in [-0.15, -0.1) is 12.3 Å². The van der Waals surface area contributed by atoms with Crippen molar-refractivity contribution in [3.63, 3.8) is 0 Å². The van der Waals surface area contributed by atoms with E-state index < -0.39 is 32.5 Å². The van der Waals surface area contributed by atoms with Crippen LogP contribution in [0.4, 0.5) is 0 Å². The number of unbranched alkanes of at least 4 members (excludes halogenated alkanes) is 12. The number of hydrogen-bond donors (Lipinski definition) is 1. The number of carbonyl (C=O) groups is 2. The lowest BCUT2D eigenvalue weighted by atomic mass is 10.0. The van der Waals surface area contributed by atoms with Gasteiger partial charge in [-0.1, -0.05) is 84.0 Å². The molecule has 0 aromatic heterocycles. The first-order valence-electron chi connectivity index (χ1n) is 14.7. The average molecular weight is 577 g/mol. The summed E-state index contributed by atoms with van der Waals surface area (Å²) in [4.78, 5) is 34.1. The number of hydrogen-bond acceptors (Lipinski definition) is 7. The van der Waals surface area contributed by atoms with Crippen LogP contribution in [0, 0.1) is 12.3 Å². The summed E-state index contributed by atoms with van der Waals surface area (Å²) < 4.78 is 33.2. The number of ether oxygens (including phenoxy) is 2. The summed E-state index contributed by atoms with van der Waals surface area (Å²) in [7, 11) is 1.40. The minimum Gasteiger partial charge on any atom is -0.462 e. The van der Waals surface area contributed by atoms with Gasteiger partial charge in [0.1, 0.15) is 19.8 Å². The molecule has 0 aromatic rings. The van der Waals surface area contributed by atoms with E-state index in [0.29, 0.717) is 11.0 Å². The fourth-order valence-electron chi connectivity index (χ4n) is 3.73. The summed E-state index contributed by atoms with van der Waals surface area (Å²) >= 11 is 0. The van der Waals surface area contributed by atoms with E-state index in [9.17, 15) is 19.0 Å². The van der Waals surface area contributed by atoms with Crippen molar-refractivity contribution in [2.45, 2.75) is 116 Å². The van der Waals surface area contributed by atoms with Gasteiger partial charge in [-0.25, -0.2) is 4.57 Å². The molecule has 9 nitrogen and oxygen atoms in total. The maximum absolute atomic E-state index is 12.2. The number of rotatable bonds is 26. The third-order valence-corrected chi connectivity index (χ3v) is 7.11. The Morgan fingerprint density at radius 1 is 0.821 bits per heavy atom. The molecular weight excluding hydrogens is 521 g/mol. The normalized spacial score (nSPS) is 13.8. The summed E-state index contributed by atoms with van der Waals surface area (Å²) in [5.74, 6) is 1.34. The number of carbonyl (C=O) groups excluding carboxylic acids is 2. The van der Waals surface area contributed by atoms with Gasteiger partial charge in [0, 0.05) is 12.8 Å². The average Bonchev–Trinajstić information content (AvgIpc) is 2.86. The summed E-state index contributed by atoms with van der Waals surface area (Å²) in [5.41, 5.74) is 0. The number of phosphoric acid groups is 1. The molecule has 0 aliphatic carbocycles. The molecule has 0 aliphatic heterocycles. The molecule has 0 heterocycles. The van der Waals surface area contributed by atoms with E-state index in [0.717, 1.165) is 19.3 Å². The zero-order chi connectivity index (χ0) is 29.4. The summed E-state index contributed by atoms with van der Waals surface area (Å²) in [6.45, 7) is 2.01. The van der Waals surface area contributed by atoms with E-state index >= 15 is 0 Å². The van der Waals surface area contributed by atoms with Crippen LogP contribution in [0.15, 0.2) is 0 Å². The first-order valence-corrected chi connectivity index (χ1v) is 16.2. The lowest BCUT2D eigenvalue weighted by Crippen LogP contribution is -2.37. The Balaban J connectivity index is 4.22. The van der Waals surface area contributed by atoms with E-state index in [2.05, 4.69) is 12.8 Å². The maximum Gasteiger partial charge on any atom is 0.472 e. The largest absolute Gasteiger partial charge is 0.472 e. The Labute approximate surface area is 237 Å². The molecule has 228 valence electrons. The van der Waals surface area contributed by atoms with Crippen molar-refractivity contribution in [3.05, 3.63) is 0 Å². The monoisotopic (exact) mass is 576 g/mol. The van der Waals surface area contributed by atoms with Crippen molar-refractivity contribution in [1.82, 2.24) is 0 Å². The third kappa shape index (κ3) is 26.6. The standard InChI is InChI=1S/C29H54NO8P/c1-6-8-10-11-12-13-14-15-16-17-18-19-20-22-28(31)35-25-27(38-29(32)21-9-7-2)26-37-39(33,34)36-24-23-30(3,4)5/h2,27H,6,8-26H2,1,3-5H3/p+1/t27-/m1/s1. The third-order valence-electron chi connectivity index (χ3n) is 6.13. The molecule has 0 aliphatic rings. The van der Waals surface area contributed by atoms with Crippen molar-refractivity contribution in [2.24, 2.45) is 0 Å². The molecule has 39 heavy (non-hydrogen) atoms. The van der Waals surface area contributed by atoms with E-state index in [1.54, 1.807) is 0 Å². The number of esters is 2. The molecule has 2 atom stereocenters. The van der Waals surface area contributed by atoms with Crippen LogP contribution in [0.5, 0.6) is 0 Å². The molecule has 0 saturated heterocycles. The highest BCUT2D eigenvalue weighted by molar-refractivity contribution is 7.47. The van der Waals surface area contributed by atoms with Gasteiger partial charge in [0.2, 0.25) is 0 Å². The predicted molar refractivity (Wildman–Crippen MR) is 154 cm³/mol. The quantitative estimate of drug-likeness (QED) is 0.0428. The highest BCUT2D eigenvalue weighted by Gasteiger charge is 2.26. The molecule has 0 amide bonds. The van der Waals surface area contributed by atoms with Crippen molar-refractivity contribution >= 4 is 19.8 Å². The lowest BCUT2D eigenvalue weighted by molar-refractivity contribution is -0.870. The van der Waals surface area contributed by atoms with Crippen molar-refractivity contribution in [3.8, 4) is 12.3 Å². The van der Waals surface area contributed by atoms with Crippen LogP contribution < -0.4 is 0 Å². The fraction of sp³-hybridized carbons (Fsp3) is 0.862. The van der Waals surface area contributed by atoms with Crippen LogP contribution >= 0.6 is 7.82 Å². The zero-order valence-electron chi connectivity index (χ0n) is 25.0. The van der Waals surface area contributed by atoms with Crippen molar-refractivity contribution in [1.29, 1.82) is 0 Å². The van der Waals surface area contributed by atoms with Gasteiger partial charge >= 0.3 is 19.8 Å². The Hall–Kier alpha value is -1.43. The number of phosphoric ester groups is 1. The topological polar surface area (TPSA) is 108 Å². The molecule has 1 N–H and O–H groups in total.